The van der Waals surface area contributed by atoms with Crippen molar-refractivity contribution in [3.63, 3.8) is 0 Å². The van der Waals surface area contributed by atoms with Crippen LogP contribution in [-0.2, 0) is 14.8 Å². The Bertz CT molecular complexity index is 1490. The number of aryl methyl sites for hydroxylation is 1. The van der Waals surface area contributed by atoms with Gasteiger partial charge in [-0.2, -0.15) is 0 Å². The second-order valence-corrected chi connectivity index (χ2v) is 10.4. The van der Waals surface area contributed by atoms with Crippen LogP contribution in [0.3, 0.4) is 0 Å². The minimum atomic E-state index is -4.05. The number of hydrogen-bond acceptors (Lipinski definition) is 4. The molecule has 0 saturated carbocycles. The van der Waals surface area contributed by atoms with Crippen molar-refractivity contribution in [1.82, 2.24) is 0 Å². The number of amides is 1. The summed E-state index contributed by atoms with van der Waals surface area (Å²) in [5, 5.41) is 3.03. The predicted molar refractivity (Wildman–Crippen MR) is 142 cm³/mol. The highest BCUT2D eigenvalue weighted by molar-refractivity contribution is 7.92. The molecule has 0 unspecified atom stereocenters. The number of ketones is 1. The van der Waals surface area contributed by atoms with E-state index in [4.69, 9.17) is 11.6 Å². The van der Waals surface area contributed by atoms with E-state index in [1.165, 1.54) is 24.3 Å². The molecule has 182 valence electrons. The lowest BCUT2D eigenvalue weighted by Crippen LogP contribution is -2.38. The molecule has 0 aliphatic carbocycles. The first-order valence-corrected chi connectivity index (χ1v) is 12.9. The van der Waals surface area contributed by atoms with Gasteiger partial charge < -0.3 is 5.32 Å². The Morgan fingerprint density at radius 1 is 0.833 bits per heavy atom. The lowest BCUT2D eigenvalue weighted by atomic mass is 10.0. The molecule has 4 rings (SSSR count). The standard InChI is InChI=1S/C28H23ClN2O4S/c1-20-12-15-23(16-13-20)31(36(34,35)24-10-6-3-7-11-24)19-27(32)30-26-17-14-22(29)18-25(26)28(33)21-8-4-2-5-9-21/h2-18H,19H2,1H3,(H,30,32). The predicted octanol–water partition coefficient (Wildman–Crippen LogP) is 5.71. The topological polar surface area (TPSA) is 83.6 Å². The normalized spacial score (nSPS) is 11.1. The number of sulfonamides is 1. The summed E-state index contributed by atoms with van der Waals surface area (Å²) >= 11 is 6.14. The molecule has 1 N–H and O–H groups in total. The SMILES string of the molecule is Cc1ccc(N(CC(=O)Nc2ccc(Cl)cc2C(=O)c2ccccc2)S(=O)(=O)c2ccccc2)cc1. The molecule has 0 bridgehead atoms. The number of rotatable bonds is 8. The van der Waals surface area contributed by atoms with Gasteiger partial charge in [0.25, 0.3) is 10.0 Å². The molecule has 1 amide bonds. The lowest BCUT2D eigenvalue weighted by Gasteiger charge is -2.24. The van der Waals surface area contributed by atoms with Crippen LogP contribution in [-0.4, -0.2) is 26.7 Å². The van der Waals surface area contributed by atoms with Crippen molar-refractivity contribution in [2.24, 2.45) is 0 Å². The molecule has 0 aliphatic heterocycles. The second-order valence-electron chi connectivity index (χ2n) is 8.09. The van der Waals surface area contributed by atoms with Gasteiger partial charge in [0.05, 0.1) is 16.3 Å². The van der Waals surface area contributed by atoms with Crippen molar-refractivity contribution >= 4 is 44.7 Å². The van der Waals surface area contributed by atoms with Crippen LogP contribution >= 0.6 is 11.6 Å². The molecule has 4 aromatic rings. The second kappa shape index (κ2) is 10.8. The number of carbonyl (C=O) groups excluding carboxylic acids is 2. The number of nitrogens with one attached hydrogen (secondary N) is 1. The number of halogens is 1. The molecular formula is C28H23ClN2O4S. The van der Waals surface area contributed by atoms with E-state index in [2.05, 4.69) is 5.32 Å². The molecule has 0 radical (unpaired) electrons. The van der Waals surface area contributed by atoms with Gasteiger partial charge in [-0.1, -0.05) is 77.8 Å². The van der Waals surface area contributed by atoms with Crippen LogP contribution in [0.4, 0.5) is 11.4 Å². The van der Waals surface area contributed by atoms with Crippen molar-refractivity contribution < 1.29 is 18.0 Å². The monoisotopic (exact) mass is 518 g/mol. The Balaban J connectivity index is 1.66. The number of nitrogens with zero attached hydrogens (tertiary/aromatic N) is 1. The summed E-state index contributed by atoms with van der Waals surface area (Å²) < 4.78 is 28.0. The van der Waals surface area contributed by atoms with Crippen molar-refractivity contribution in [3.05, 3.63) is 125 Å². The third-order valence-electron chi connectivity index (χ3n) is 5.48. The summed E-state index contributed by atoms with van der Waals surface area (Å²) in [7, 11) is -4.05. The summed E-state index contributed by atoms with van der Waals surface area (Å²) in [6, 6.07) is 27.9. The molecule has 0 heterocycles. The lowest BCUT2D eigenvalue weighted by molar-refractivity contribution is -0.114. The minimum Gasteiger partial charge on any atom is -0.324 e. The van der Waals surface area contributed by atoms with Crippen LogP contribution in [0.5, 0.6) is 0 Å². The third kappa shape index (κ3) is 5.64. The van der Waals surface area contributed by atoms with Crippen LogP contribution in [0.1, 0.15) is 21.5 Å². The average molecular weight is 519 g/mol. The van der Waals surface area contributed by atoms with Crippen LogP contribution < -0.4 is 9.62 Å². The van der Waals surface area contributed by atoms with Gasteiger partial charge in [-0.15, -0.1) is 0 Å². The Morgan fingerprint density at radius 3 is 2.08 bits per heavy atom. The van der Waals surface area contributed by atoms with E-state index in [9.17, 15) is 18.0 Å². The molecule has 0 atom stereocenters. The van der Waals surface area contributed by atoms with Crippen LogP contribution in [0.2, 0.25) is 5.02 Å². The van der Waals surface area contributed by atoms with Gasteiger partial charge in [0.15, 0.2) is 5.78 Å². The number of anilines is 2. The van der Waals surface area contributed by atoms with E-state index in [0.29, 0.717) is 16.3 Å². The Morgan fingerprint density at radius 2 is 1.44 bits per heavy atom. The third-order valence-corrected chi connectivity index (χ3v) is 7.50. The molecule has 0 saturated heterocycles. The van der Waals surface area contributed by atoms with E-state index in [-0.39, 0.29) is 21.9 Å². The van der Waals surface area contributed by atoms with Gasteiger partial charge in [0.2, 0.25) is 5.91 Å². The summed E-state index contributed by atoms with van der Waals surface area (Å²) in [5.74, 6) is -0.930. The Kier molecular flexibility index (Phi) is 7.52. The van der Waals surface area contributed by atoms with Crippen molar-refractivity contribution in [3.8, 4) is 0 Å². The molecule has 0 aliphatic rings. The Labute approximate surface area is 215 Å². The van der Waals surface area contributed by atoms with E-state index in [1.54, 1.807) is 78.9 Å². The molecule has 0 aromatic heterocycles. The maximum atomic E-state index is 13.5. The van der Waals surface area contributed by atoms with Crippen LogP contribution in [0.15, 0.2) is 108 Å². The fourth-order valence-corrected chi connectivity index (χ4v) is 5.24. The van der Waals surface area contributed by atoms with Gasteiger partial charge in [-0.25, -0.2) is 8.42 Å². The molecule has 0 spiro atoms. The van der Waals surface area contributed by atoms with Crippen molar-refractivity contribution in [2.45, 2.75) is 11.8 Å². The van der Waals surface area contributed by atoms with Gasteiger partial charge >= 0.3 is 0 Å². The van der Waals surface area contributed by atoms with E-state index in [1.807, 2.05) is 6.92 Å². The van der Waals surface area contributed by atoms with Crippen molar-refractivity contribution in [2.75, 3.05) is 16.2 Å². The molecular weight excluding hydrogens is 496 g/mol. The van der Waals surface area contributed by atoms with E-state index >= 15 is 0 Å². The van der Waals surface area contributed by atoms with Crippen molar-refractivity contribution in [1.29, 1.82) is 0 Å². The van der Waals surface area contributed by atoms with E-state index in [0.717, 1.165) is 9.87 Å². The zero-order valence-electron chi connectivity index (χ0n) is 19.4. The van der Waals surface area contributed by atoms with Crippen LogP contribution in [0.25, 0.3) is 0 Å². The van der Waals surface area contributed by atoms with Gasteiger partial charge in [0, 0.05) is 16.1 Å². The fraction of sp³-hybridized carbons (Fsp3) is 0.0714. The van der Waals surface area contributed by atoms with Gasteiger partial charge in [-0.05, 0) is 49.4 Å². The minimum absolute atomic E-state index is 0.0600. The first-order chi connectivity index (χ1) is 17.3. The highest BCUT2D eigenvalue weighted by Crippen LogP contribution is 2.26. The summed E-state index contributed by atoms with van der Waals surface area (Å²) in [4.78, 5) is 26.3. The molecule has 4 aromatic carbocycles. The largest absolute Gasteiger partial charge is 0.324 e. The number of benzene rings is 4. The maximum Gasteiger partial charge on any atom is 0.264 e. The fourth-order valence-electron chi connectivity index (χ4n) is 3.62. The average Bonchev–Trinajstić information content (AvgIpc) is 2.89. The Hall–Kier alpha value is -3.94. The molecule has 36 heavy (non-hydrogen) atoms. The zero-order valence-corrected chi connectivity index (χ0v) is 21.0. The van der Waals surface area contributed by atoms with E-state index < -0.39 is 22.5 Å². The van der Waals surface area contributed by atoms with Crippen LogP contribution in [0, 0.1) is 6.92 Å². The highest BCUT2D eigenvalue weighted by atomic mass is 35.5. The summed E-state index contributed by atoms with van der Waals surface area (Å²) in [6.45, 7) is 1.39. The van der Waals surface area contributed by atoms with Gasteiger partial charge in [-0.3, -0.25) is 13.9 Å². The molecule has 8 heteroatoms. The number of hydrogen-bond donors (Lipinski definition) is 1. The number of carbonyl (C=O) groups is 2. The van der Waals surface area contributed by atoms with Gasteiger partial charge in [0.1, 0.15) is 6.54 Å². The molecule has 0 fully saturated rings. The first-order valence-electron chi connectivity index (χ1n) is 11.1. The smallest absolute Gasteiger partial charge is 0.264 e. The quantitative estimate of drug-likeness (QED) is 0.303. The first kappa shape index (κ1) is 25.2. The summed E-state index contributed by atoms with van der Waals surface area (Å²) in [5.41, 5.74) is 2.17. The maximum absolute atomic E-state index is 13.5. The zero-order chi connectivity index (χ0) is 25.7. The summed E-state index contributed by atoms with van der Waals surface area (Å²) in [6.07, 6.45) is 0. The highest BCUT2D eigenvalue weighted by Gasteiger charge is 2.27. The molecule has 6 nitrogen and oxygen atoms in total.